The van der Waals surface area contributed by atoms with Crippen LogP contribution in [-0.4, -0.2) is 47.6 Å². The first kappa shape index (κ1) is 24.0. The van der Waals surface area contributed by atoms with Gasteiger partial charge in [-0.3, -0.25) is 9.59 Å². The smallest absolute Gasteiger partial charge is 0.295 e. The number of aryl methyl sites for hydroxylation is 1. The Morgan fingerprint density at radius 3 is 2.53 bits per heavy atom. The highest BCUT2D eigenvalue weighted by molar-refractivity contribution is 6.46. The Hall–Kier alpha value is -3.12. The van der Waals surface area contributed by atoms with Gasteiger partial charge < -0.3 is 19.5 Å². The van der Waals surface area contributed by atoms with E-state index in [0.29, 0.717) is 24.7 Å². The highest BCUT2D eigenvalue weighted by Crippen LogP contribution is 2.40. The van der Waals surface area contributed by atoms with Crippen LogP contribution in [0.3, 0.4) is 0 Å². The van der Waals surface area contributed by atoms with Crippen molar-refractivity contribution in [1.29, 1.82) is 0 Å². The van der Waals surface area contributed by atoms with Gasteiger partial charge >= 0.3 is 0 Å². The normalized spacial score (nSPS) is 19.6. The first-order valence-corrected chi connectivity index (χ1v) is 12.0. The Labute approximate surface area is 201 Å². The molecule has 1 N–H and O–H groups in total. The van der Waals surface area contributed by atoms with E-state index in [9.17, 15) is 14.7 Å². The number of ketones is 1. The lowest BCUT2D eigenvalue weighted by molar-refractivity contribution is -0.140. The molecule has 180 valence electrons. The van der Waals surface area contributed by atoms with Crippen molar-refractivity contribution in [2.24, 2.45) is 0 Å². The number of carbonyl (C=O) groups excluding carboxylic acids is 2. The summed E-state index contributed by atoms with van der Waals surface area (Å²) >= 11 is 0. The summed E-state index contributed by atoms with van der Waals surface area (Å²) in [5, 5.41) is 11.3. The average Bonchev–Trinajstić information content (AvgIpc) is 3.08. The molecule has 2 heterocycles. The molecule has 0 aliphatic carbocycles. The number of carbonyl (C=O) groups is 2. The van der Waals surface area contributed by atoms with Crippen molar-refractivity contribution in [2.75, 3.05) is 19.8 Å². The third-order valence-electron chi connectivity index (χ3n) is 6.42. The van der Waals surface area contributed by atoms with E-state index >= 15 is 0 Å². The zero-order valence-corrected chi connectivity index (χ0v) is 20.3. The van der Waals surface area contributed by atoms with E-state index in [2.05, 4.69) is 13.8 Å². The van der Waals surface area contributed by atoms with Gasteiger partial charge in [0.25, 0.3) is 11.7 Å². The Morgan fingerprint density at radius 1 is 1.12 bits per heavy atom. The van der Waals surface area contributed by atoms with E-state index in [1.165, 1.54) is 10.5 Å². The van der Waals surface area contributed by atoms with Crippen LogP contribution in [0.15, 0.2) is 48.0 Å². The van der Waals surface area contributed by atoms with Crippen molar-refractivity contribution >= 4 is 17.4 Å². The second-order valence-electron chi connectivity index (χ2n) is 9.51. The fourth-order valence-electron chi connectivity index (χ4n) is 4.57. The fourth-order valence-corrected chi connectivity index (χ4v) is 4.57. The molecule has 1 fully saturated rings. The van der Waals surface area contributed by atoms with E-state index in [-0.39, 0.29) is 24.0 Å². The molecule has 2 aromatic carbocycles. The maximum Gasteiger partial charge on any atom is 0.295 e. The molecule has 1 saturated heterocycles. The summed E-state index contributed by atoms with van der Waals surface area (Å²) < 4.78 is 11.3. The first-order valence-electron chi connectivity index (χ1n) is 12.0. The average molecular weight is 464 g/mol. The topological polar surface area (TPSA) is 76.1 Å². The number of likely N-dealkylation sites (tertiary alicyclic amines) is 1. The molecular weight excluding hydrogens is 430 g/mol. The standard InChI is InChI=1S/C28H33NO5/c1-17(2)19-7-9-20(10-8-19)25-24(27(31)28(32)29(25)13-15-33-18(3)4)26(30)22-11-12-23-21(16-22)6-5-14-34-23/h7-12,16-18,25,30H,5-6,13-15H2,1-4H3/b26-24-. The molecule has 2 aliphatic rings. The van der Waals surface area contributed by atoms with Crippen molar-refractivity contribution in [3.8, 4) is 5.75 Å². The van der Waals surface area contributed by atoms with Crippen LogP contribution in [0.1, 0.15) is 68.3 Å². The van der Waals surface area contributed by atoms with Crippen LogP contribution < -0.4 is 4.74 Å². The molecule has 0 spiro atoms. The SMILES string of the molecule is CC(C)OCCN1C(=O)C(=O)/C(=C(\O)c2ccc3c(c2)CCCO3)C1c1ccc(C(C)C)cc1. The summed E-state index contributed by atoms with van der Waals surface area (Å²) in [4.78, 5) is 27.8. The van der Waals surface area contributed by atoms with E-state index < -0.39 is 17.7 Å². The monoisotopic (exact) mass is 463 g/mol. The lowest BCUT2D eigenvalue weighted by Gasteiger charge is -2.26. The van der Waals surface area contributed by atoms with Crippen molar-refractivity contribution in [3.63, 3.8) is 0 Å². The summed E-state index contributed by atoms with van der Waals surface area (Å²) in [7, 11) is 0. The quantitative estimate of drug-likeness (QED) is 0.356. The van der Waals surface area contributed by atoms with Crippen molar-refractivity contribution in [1.82, 2.24) is 4.90 Å². The highest BCUT2D eigenvalue weighted by Gasteiger charge is 2.46. The van der Waals surface area contributed by atoms with Gasteiger partial charge in [-0.1, -0.05) is 38.1 Å². The van der Waals surface area contributed by atoms with Gasteiger partial charge in [0.1, 0.15) is 11.5 Å². The molecule has 6 nitrogen and oxygen atoms in total. The van der Waals surface area contributed by atoms with Gasteiger partial charge in [0.05, 0.1) is 30.9 Å². The third kappa shape index (κ3) is 4.73. The lowest BCUT2D eigenvalue weighted by atomic mass is 9.92. The van der Waals surface area contributed by atoms with E-state index in [1.807, 2.05) is 50.2 Å². The third-order valence-corrected chi connectivity index (χ3v) is 6.42. The Morgan fingerprint density at radius 2 is 1.85 bits per heavy atom. The predicted octanol–water partition coefficient (Wildman–Crippen LogP) is 4.98. The first-order chi connectivity index (χ1) is 16.3. The van der Waals surface area contributed by atoms with Crippen LogP contribution in [0.2, 0.25) is 0 Å². The second-order valence-corrected chi connectivity index (χ2v) is 9.51. The zero-order valence-electron chi connectivity index (χ0n) is 20.3. The number of Topliss-reactive ketones (excluding diaryl/α,β-unsaturated/α-hetero) is 1. The van der Waals surface area contributed by atoms with Gasteiger partial charge in [0.2, 0.25) is 0 Å². The molecular formula is C28H33NO5. The Bertz CT molecular complexity index is 1100. The molecule has 0 aromatic heterocycles. The summed E-state index contributed by atoms with van der Waals surface area (Å²) in [5.74, 6) is -0.286. The number of ether oxygens (including phenoxy) is 2. The molecule has 0 radical (unpaired) electrons. The summed E-state index contributed by atoms with van der Waals surface area (Å²) in [6.45, 7) is 9.32. The molecule has 1 amide bonds. The molecule has 4 rings (SSSR count). The summed E-state index contributed by atoms with van der Waals surface area (Å²) in [6.07, 6.45) is 1.76. The number of nitrogens with zero attached hydrogens (tertiary/aromatic N) is 1. The largest absolute Gasteiger partial charge is 0.507 e. The maximum absolute atomic E-state index is 13.2. The number of rotatable bonds is 7. The van der Waals surface area contributed by atoms with E-state index in [0.717, 1.165) is 29.7 Å². The number of hydrogen-bond acceptors (Lipinski definition) is 5. The lowest BCUT2D eigenvalue weighted by Crippen LogP contribution is -2.33. The van der Waals surface area contributed by atoms with Gasteiger partial charge in [-0.05, 0) is 67.5 Å². The fraction of sp³-hybridized carbons (Fsp3) is 0.429. The van der Waals surface area contributed by atoms with Crippen LogP contribution in [0.25, 0.3) is 5.76 Å². The number of aliphatic hydroxyl groups is 1. The molecule has 34 heavy (non-hydrogen) atoms. The summed E-state index contributed by atoms with van der Waals surface area (Å²) in [5.41, 5.74) is 3.58. The van der Waals surface area contributed by atoms with Crippen LogP contribution >= 0.6 is 0 Å². The molecule has 2 aromatic rings. The molecule has 2 aliphatic heterocycles. The van der Waals surface area contributed by atoms with Crippen LogP contribution in [0, 0.1) is 0 Å². The molecule has 6 heteroatoms. The zero-order chi connectivity index (χ0) is 24.4. The number of fused-ring (bicyclic) bond motifs is 1. The van der Waals surface area contributed by atoms with Gasteiger partial charge in [-0.25, -0.2) is 0 Å². The number of benzene rings is 2. The van der Waals surface area contributed by atoms with E-state index in [4.69, 9.17) is 9.47 Å². The summed E-state index contributed by atoms with van der Waals surface area (Å²) in [6, 6.07) is 12.7. The van der Waals surface area contributed by atoms with Crippen molar-refractivity contribution in [3.05, 3.63) is 70.3 Å². The molecule has 0 saturated carbocycles. The highest BCUT2D eigenvalue weighted by atomic mass is 16.5. The number of hydrogen-bond donors (Lipinski definition) is 1. The molecule has 1 unspecified atom stereocenters. The molecule has 1 atom stereocenters. The predicted molar refractivity (Wildman–Crippen MR) is 131 cm³/mol. The van der Waals surface area contributed by atoms with Crippen LogP contribution in [0.4, 0.5) is 0 Å². The van der Waals surface area contributed by atoms with Gasteiger partial charge in [0.15, 0.2) is 0 Å². The maximum atomic E-state index is 13.2. The minimum atomic E-state index is -0.677. The Kier molecular flexibility index (Phi) is 7.08. The van der Waals surface area contributed by atoms with Crippen LogP contribution in [0.5, 0.6) is 5.75 Å². The van der Waals surface area contributed by atoms with Gasteiger partial charge in [-0.2, -0.15) is 0 Å². The minimum Gasteiger partial charge on any atom is -0.507 e. The van der Waals surface area contributed by atoms with E-state index in [1.54, 1.807) is 6.07 Å². The van der Waals surface area contributed by atoms with Crippen molar-refractivity contribution < 1.29 is 24.2 Å². The number of aliphatic hydroxyl groups excluding tert-OH is 1. The Balaban J connectivity index is 1.78. The van der Waals surface area contributed by atoms with Crippen LogP contribution in [-0.2, 0) is 20.7 Å². The van der Waals surface area contributed by atoms with Crippen molar-refractivity contribution in [2.45, 2.75) is 58.6 Å². The van der Waals surface area contributed by atoms with Gasteiger partial charge in [0, 0.05) is 12.1 Å². The van der Waals surface area contributed by atoms with Gasteiger partial charge in [-0.15, -0.1) is 0 Å². The molecule has 0 bridgehead atoms. The second kappa shape index (κ2) is 10.0. The minimum absolute atomic E-state index is 0.0123. The number of amides is 1.